The van der Waals surface area contributed by atoms with E-state index in [1.165, 1.54) is 18.1 Å². The third-order valence-corrected chi connectivity index (χ3v) is 4.41. The Labute approximate surface area is 125 Å². The van der Waals surface area contributed by atoms with Crippen molar-refractivity contribution >= 4 is 28.6 Å². The SMILES string of the molecule is Cc1cccc(C(=O)O)c1Sc1ncnc2ccccc12. The Morgan fingerprint density at radius 2 is 1.90 bits per heavy atom. The number of hydrogen-bond acceptors (Lipinski definition) is 4. The minimum absolute atomic E-state index is 0.294. The molecule has 4 nitrogen and oxygen atoms in total. The molecule has 0 aliphatic heterocycles. The highest BCUT2D eigenvalue weighted by Crippen LogP contribution is 2.35. The molecule has 0 aliphatic rings. The van der Waals surface area contributed by atoms with Crippen LogP contribution in [-0.2, 0) is 0 Å². The van der Waals surface area contributed by atoms with Crippen molar-refractivity contribution in [3.63, 3.8) is 0 Å². The Kier molecular flexibility index (Phi) is 3.58. The first-order chi connectivity index (χ1) is 10.2. The number of nitrogens with zero attached hydrogens (tertiary/aromatic N) is 2. The summed E-state index contributed by atoms with van der Waals surface area (Å²) in [6, 6.07) is 13.0. The molecule has 0 fully saturated rings. The molecule has 1 N–H and O–H groups in total. The molecule has 1 heterocycles. The minimum Gasteiger partial charge on any atom is -0.478 e. The summed E-state index contributed by atoms with van der Waals surface area (Å²) in [5, 5.41) is 11.0. The van der Waals surface area contributed by atoms with Gasteiger partial charge in [-0.05, 0) is 24.6 Å². The van der Waals surface area contributed by atoms with E-state index in [0.717, 1.165) is 21.5 Å². The second-order valence-electron chi connectivity index (χ2n) is 4.55. The molecule has 0 bridgehead atoms. The topological polar surface area (TPSA) is 63.1 Å². The van der Waals surface area contributed by atoms with Gasteiger partial charge in [0.25, 0.3) is 0 Å². The van der Waals surface area contributed by atoms with Gasteiger partial charge in [-0.1, -0.05) is 42.1 Å². The average Bonchev–Trinajstić information content (AvgIpc) is 2.49. The van der Waals surface area contributed by atoms with Crippen molar-refractivity contribution in [2.24, 2.45) is 0 Å². The Morgan fingerprint density at radius 1 is 1.10 bits per heavy atom. The zero-order chi connectivity index (χ0) is 14.8. The molecule has 0 aliphatic carbocycles. The maximum Gasteiger partial charge on any atom is 0.336 e. The van der Waals surface area contributed by atoms with Gasteiger partial charge in [0.15, 0.2) is 0 Å². The van der Waals surface area contributed by atoms with Crippen molar-refractivity contribution in [1.82, 2.24) is 9.97 Å². The summed E-state index contributed by atoms with van der Waals surface area (Å²) in [4.78, 5) is 20.6. The number of aryl methyl sites for hydroxylation is 1. The summed E-state index contributed by atoms with van der Waals surface area (Å²) >= 11 is 1.37. The number of hydrogen-bond donors (Lipinski definition) is 1. The number of fused-ring (bicyclic) bond motifs is 1. The van der Waals surface area contributed by atoms with Crippen LogP contribution in [0.2, 0.25) is 0 Å². The van der Waals surface area contributed by atoms with Crippen LogP contribution in [0.3, 0.4) is 0 Å². The van der Waals surface area contributed by atoms with E-state index >= 15 is 0 Å². The fourth-order valence-electron chi connectivity index (χ4n) is 2.11. The second-order valence-corrected chi connectivity index (χ2v) is 5.55. The van der Waals surface area contributed by atoms with Crippen LogP contribution >= 0.6 is 11.8 Å². The van der Waals surface area contributed by atoms with Gasteiger partial charge in [0.2, 0.25) is 0 Å². The molecule has 2 aromatic carbocycles. The molecule has 0 unspecified atom stereocenters. The predicted octanol–water partition coefficient (Wildman–Crippen LogP) is 3.79. The Morgan fingerprint density at radius 3 is 2.71 bits per heavy atom. The summed E-state index contributed by atoms with van der Waals surface area (Å²) in [6.07, 6.45) is 1.50. The zero-order valence-corrected chi connectivity index (χ0v) is 12.1. The molecule has 0 atom stereocenters. The van der Waals surface area contributed by atoms with Gasteiger partial charge in [-0.3, -0.25) is 0 Å². The number of aromatic nitrogens is 2. The van der Waals surface area contributed by atoms with Crippen molar-refractivity contribution in [1.29, 1.82) is 0 Å². The molecular formula is C16H12N2O2S. The lowest BCUT2D eigenvalue weighted by molar-refractivity contribution is 0.0693. The monoisotopic (exact) mass is 296 g/mol. The summed E-state index contributed by atoms with van der Waals surface area (Å²) in [5.74, 6) is -0.931. The van der Waals surface area contributed by atoms with Crippen LogP contribution < -0.4 is 0 Å². The molecule has 21 heavy (non-hydrogen) atoms. The average molecular weight is 296 g/mol. The fraction of sp³-hybridized carbons (Fsp3) is 0.0625. The van der Waals surface area contributed by atoms with Gasteiger partial charge < -0.3 is 5.11 Å². The molecule has 5 heteroatoms. The zero-order valence-electron chi connectivity index (χ0n) is 11.3. The van der Waals surface area contributed by atoms with Gasteiger partial charge in [0.05, 0.1) is 11.1 Å². The Balaban J connectivity index is 2.13. The molecule has 1 aromatic heterocycles. The predicted molar refractivity (Wildman–Crippen MR) is 81.8 cm³/mol. The molecule has 0 spiro atoms. The second kappa shape index (κ2) is 5.54. The van der Waals surface area contributed by atoms with E-state index in [1.54, 1.807) is 12.1 Å². The number of rotatable bonds is 3. The summed E-state index contributed by atoms with van der Waals surface area (Å²) in [5.41, 5.74) is 2.06. The number of para-hydroxylation sites is 1. The van der Waals surface area contributed by atoms with Crippen molar-refractivity contribution in [3.8, 4) is 0 Å². The molecule has 0 amide bonds. The van der Waals surface area contributed by atoms with E-state index in [4.69, 9.17) is 0 Å². The maximum absolute atomic E-state index is 11.4. The number of benzene rings is 2. The van der Waals surface area contributed by atoms with Crippen molar-refractivity contribution < 1.29 is 9.90 Å². The number of carboxylic acids is 1. The smallest absolute Gasteiger partial charge is 0.336 e. The van der Waals surface area contributed by atoms with Crippen LogP contribution in [0.25, 0.3) is 10.9 Å². The standard InChI is InChI=1S/C16H12N2O2S/c1-10-5-4-7-12(16(19)20)14(10)21-15-11-6-2-3-8-13(11)17-9-18-15/h2-9H,1H3,(H,19,20). The highest BCUT2D eigenvalue weighted by atomic mass is 32.2. The lowest BCUT2D eigenvalue weighted by atomic mass is 10.1. The summed E-state index contributed by atoms with van der Waals surface area (Å²) in [7, 11) is 0. The Hall–Kier alpha value is -2.40. The first-order valence-electron chi connectivity index (χ1n) is 6.37. The molecule has 104 valence electrons. The molecule has 0 saturated heterocycles. The first kappa shape index (κ1) is 13.6. The van der Waals surface area contributed by atoms with Gasteiger partial charge in [0, 0.05) is 10.3 Å². The molecule has 3 rings (SSSR count). The lowest BCUT2D eigenvalue weighted by Crippen LogP contribution is -2.00. The van der Waals surface area contributed by atoms with Gasteiger partial charge >= 0.3 is 5.97 Å². The van der Waals surface area contributed by atoms with E-state index in [0.29, 0.717) is 10.5 Å². The van der Waals surface area contributed by atoms with E-state index in [2.05, 4.69) is 9.97 Å². The first-order valence-corrected chi connectivity index (χ1v) is 7.19. The molecule has 0 saturated carbocycles. The van der Waals surface area contributed by atoms with Crippen LogP contribution in [0.5, 0.6) is 0 Å². The molecular weight excluding hydrogens is 284 g/mol. The van der Waals surface area contributed by atoms with Crippen molar-refractivity contribution in [2.75, 3.05) is 0 Å². The van der Waals surface area contributed by atoms with E-state index in [1.807, 2.05) is 37.3 Å². The van der Waals surface area contributed by atoms with E-state index in [9.17, 15) is 9.90 Å². The van der Waals surface area contributed by atoms with Gasteiger partial charge in [-0.15, -0.1) is 0 Å². The quantitative estimate of drug-likeness (QED) is 0.745. The fourth-order valence-corrected chi connectivity index (χ4v) is 3.18. The summed E-state index contributed by atoms with van der Waals surface area (Å²) in [6.45, 7) is 1.90. The van der Waals surface area contributed by atoms with Crippen molar-refractivity contribution in [3.05, 3.63) is 59.9 Å². The van der Waals surface area contributed by atoms with Crippen LogP contribution in [-0.4, -0.2) is 21.0 Å². The third kappa shape index (κ3) is 2.60. The van der Waals surface area contributed by atoms with Crippen LogP contribution in [0.1, 0.15) is 15.9 Å². The number of aromatic carboxylic acids is 1. The maximum atomic E-state index is 11.4. The van der Waals surface area contributed by atoms with E-state index < -0.39 is 5.97 Å². The normalized spacial score (nSPS) is 10.7. The largest absolute Gasteiger partial charge is 0.478 e. The van der Waals surface area contributed by atoms with Crippen molar-refractivity contribution in [2.45, 2.75) is 16.8 Å². The molecule has 0 radical (unpaired) electrons. The van der Waals surface area contributed by atoms with Gasteiger partial charge in [-0.2, -0.15) is 0 Å². The van der Waals surface area contributed by atoms with Crippen LogP contribution in [0, 0.1) is 6.92 Å². The molecule has 3 aromatic rings. The highest BCUT2D eigenvalue weighted by molar-refractivity contribution is 7.99. The lowest BCUT2D eigenvalue weighted by Gasteiger charge is -2.10. The van der Waals surface area contributed by atoms with Crippen LogP contribution in [0.15, 0.2) is 58.7 Å². The van der Waals surface area contributed by atoms with Gasteiger partial charge in [0.1, 0.15) is 11.4 Å². The Bertz CT molecular complexity index is 828. The van der Waals surface area contributed by atoms with E-state index in [-0.39, 0.29) is 0 Å². The highest BCUT2D eigenvalue weighted by Gasteiger charge is 2.15. The summed E-state index contributed by atoms with van der Waals surface area (Å²) < 4.78 is 0. The third-order valence-electron chi connectivity index (χ3n) is 3.15. The number of carbonyl (C=O) groups is 1. The minimum atomic E-state index is -0.931. The van der Waals surface area contributed by atoms with Gasteiger partial charge in [-0.25, -0.2) is 14.8 Å². The van der Waals surface area contributed by atoms with Crippen LogP contribution in [0.4, 0.5) is 0 Å². The number of carboxylic acid groups (broad SMARTS) is 1.